The van der Waals surface area contributed by atoms with Gasteiger partial charge in [0.1, 0.15) is 12.4 Å². The van der Waals surface area contributed by atoms with Gasteiger partial charge in [0.05, 0.1) is 6.10 Å². The maximum atomic E-state index is 5.56. The third-order valence-corrected chi connectivity index (χ3v) is 2.38. The molecule has 1 aliphatic heterocycles. The second kappa shape index (κ2) is 5.01. The van der Waals surface area contributed by atoms with Crippen LogP contribution in [0.15, 0.2) is 24.3 Å². The van der Waals surface area contributed by atoms with Gasteiger partial charge in [0, 0.05) is 12.7 Å². The maximum absolute atomic E-state index is 5.56. The molecule has 0 saturated carbocycles. The van der Waals surface area contributed by atoms with Crippen LogP contribution in [0.5, 0.6) is 5.75 Å². The van der Waals surface area contributed by atoms with Gasteiger partial charge < -0.3 is 9.47 Å². The normalized spacial score (nSPS) is 21.9. The van der Waals surface area contributed by atoms with Crippen molar-refractivity contribution < 1.29 is 9.47 Å². The Labute approximate surface area is 84.8 Å². The fourth-order valence-corrected chi connectivity index (χ4v) is 1.59. The molecular formula is C12H15O2. The smallest absolute Gasteiger partial charge is 0.127 e. The van der Waals surface area contributed by atoms with Gasteiger partial charge >= 0.3 is 0 Å². The monoisotopic (exact) mass is 191 g/mol. The Hall–Kier alpha value is -1.02. The van der Waals surface area contributed by atoms with Crippen LogP contribution >= 0.6 is 0 Å². The number of para-hydroxylation sites is 1. The van der Waals surface area contributed by atoms with E-state index in [1.165, 1.54) is 12.8 Å². The van der Waals surface area contributed by atoms with Crippen molar-refractivity contribution in [3.05, 3.63) is 30.3 Å². The summed E-state index contributed by atoms with van der Waals surface area (Å²) in [6.45, 7) is 1.53. The Morgan fingerprint density at radius 3 is 3.14 bits per heavy atom. The third-order valence-electron chi connectivity index (χ3n) is 2.38. The highest BCUT2D eigenvalue weighted by Gasteiger charge is 2.13. The molecule has 1 aliphatic rings. The van der Waals surface area contributed by atoms with Gasteiger partial charge in [-0.3, -0.25) is 0 Å². The Kier molecular flexibility index (Phi) is 3.41. The fourth-order valence-electron chi connectivity index (χ4n) is 1.59. The summed E-state index contributed by atoms with van der Waals surface area (Å²) in [5.74, 6) is 0.807. The summed E-state index contributed by atoms with van der Waals surface area (Å²) >= 11 is 0. The number of ether oxygens (including phenoxy) is 2. The maximum Gasteiger partial charge on any atom is 0.127 e. The van der Waals surface area contributed by atoms with Crippen LogP contribution in [0, 0.1) is 6.07 Å². The molecule has 1 fully saturated rings. The van der Waals surface area contributed by atoms with Crippen molar-refractivity contribution in [2.24, 2.45) is 0 Å². The minimum Gasteiger partial charge on any atom is -0.490 e. The summed E-state index contributed by atoms with van der Waals surface area (Å²) in [7, 11) is 0. The molecule has 1 saturated heterocycles. The Balaban J connectivity index is 1.76. The van der Waals surface area contributed by atoms with Crippen molar-refractivity contribution in [3.8, 4) is 5.75 Å². The predicted molar refractivity (Wildman–Crippen MR) is 54.4 cm³/mol. The third kappa shape index (κ3) is 2.74. The molecule has 1 aromatic carbocycles. The van der Waals surface area contributed by atoms with E-state index in [1.54, 1.807) is 0 Å². The van der Waals surface area contributed by atoms with Crippen molar-refractivity contribution in [2.75, 3.05) is 13.2 Å². The SMILES string of the molecule is [c]1ccccc1OCC1CCCCO1. The largest absolute Gasteiger partial charge is 0.490 e. The Bertz CT molecular complexity index is 252. The molecular weight excluding hydrogens is 176 g/mol. The molecule has 1 unspecified atom stereocenters. The zero-order chi connectivity index (χ0) is 9.64. The molecule has 1 atom stereocenters. The number of hydrogen-bond donors (Lipinski definition) is 0. The molecule has 1 aromatic rings. The molecule has 0 bridgehead atoms. The highest BCUT2D eigenvalue weighted by molar-refractivity contribution is 5.19. The summed E-state index contributed by atoms with van der Waals surface area (Å²) in [6.07, 6.45) is 3.84. The minimum atomic E-state index is 0.275. The van der Waals surface area contributed by atoms with E-state index in [-0.39, 0.29) is 6.10 Å². The first-order valence-corrected chi connectivity index (χ1v) is 5.16. The lowest BCUT2D eigenvalue weighted by Crippen LogP contribution is -2.25. The van der Waals surface area contributed by atoms with Crippen molar-refractivity contribution in [1.82, 2.24) is 0 Å². The first kappa shape index (κ1) is 9.53. The zero-order valence-corrected chi connectivity index (χ0v) is 8.24. The zero-order valence-electron chi connectivity index (χ0n) is 8.24. The molecule has 0 aliphatic carbocycles. The quantitative estimate of drug-likeness (QED) is 0.730. The van der Waals surface area contributed by atoms with Gasteiger partial charge in [0.15, 0.2) is 0 Å². The lowest BCUT2D eigenvalue weighted by Gasteiger charge is -2.22. The average Bonchev–Trinajstić information content (AvgIpc) is 2.29. The van der Waals surface area contributed by atoms with Crippen LogP contribution in [0.4, 0.5) is 0 Å². The van der Waals surface area contributed by atoms with Gasteiger partial charge in [-0.25, -0.2) is 0 Å². The van der Waals surface area contributed by atoms with Crippen molar-refractivity contribution in [2.45, 2.75) is 25.4 Å². The summed E-state index contributed by atoms with van der Waals surface area (Å²) in [5.41, 5.74) is 0. The molecule has 0 spiro atoms. The minimum absolute atomic E-state index is 0.275. The van der Waals surface area contributed by atoms with E-state index in [1.807, 2.05) is 24.3 Å². The fraction of sp³-hybridized carbons (Fsp3) is 0.500. The van der Waals surface area contributed by atoms with Gasteiger partial charge in [-0.05, 0) is 25.3 Å². The van der Waals surface area contributed by atoms with Crippen molar-refractivity contribution in [3.63, 3.8) is 0 Å². The summed E-state index contributed by atoms with van der Waals surface area (Å²) in [5, 5.41) is 0. The molecule has 75 valence electrons. The second-order valence-electron chi connectivity index (χ2n) is 3.53. The van der Waals surface area contributed by atoms with Gasteiger partial charge in [-0.15, -0.1) is 0 Å². The number of rotatable bonds is 3. The first-order chi connectivity index (χ1) is 6.95. The number of hydrogen-bond acceptors (Lipinski definition) is 2. The summed E-state index contributed by atoms with van der Waals surface area (Å²) in [6, 6.07) is 10.7. The molecule has 1 heterocycles. The molecule has 0 N–H and O–H groups in total. The van der Waals surface area contributed by atoms with Gasteiger partial charge in [0.25, 0.3) is 0 Å². The van der Waals surface area contributed by atoms with Gasteiger partial charge in [-0.2, -0.15) is 0 Å². The van der Waals surface area contributed by atoms with E-state index >= 15 is 0 Å². The van der Waals surface area contributed by atoms with Gasteiger partial charge in [-0.1, -0.05) is 18.2 Å². The molecule has 2 nitrogen and oxygen atoms in total. The van der Waals surface area contributed by atoms with Crippen LogP contribution < -0.4 is 4.74 Å². The molecule has 14 heavy (non-hydrogen) atoms. The first-order valence-electron chi connectivity index (χ1n) is 5.16. The standard InChI is InChI=1S/C12H15O2/c1-2-6-11(7-3-1)14-10-12-8-4-5-9-13-12/h1-3,6,12H,4-5,8-10H2. The van der Waals surface area contributed by atoms with E-state index in [4.69, 9.17) is 9.47 Å². The molecule has 2 rings (SSSR count). The summed E-state index contributed by atoms with van der Waals surface area (Å²) < 4.78 is 11.1. The van der Waals surface area contributed by atoms with Gasteiger partial charge in [0.2, 0.25) is 0 Å². The van der Waals surface area contributed by atoms with Crippen LogP contribution in [-0.4, -0.2) is 19.3 Å². The van der Waals surface area contributed by atoms with Crippen molar-refractivity contribution >= 4 is 0 Å². The second-order valence-corrected chi connectivity index (χ2v) is 3.53. The van der Waals surface area contributed by atoms with E-state index in [0.717, 1.165) is 18.8 Å². The van der Waals surface area contributed by atoms with Crippen LogP contribution in [-0.2, 0) is 4.74 Å². The topological polar surface area (TPSA) is 18.5 Å². The Morgan fingerprint density at radius 2 is 2.43 bits per heavy atom. The van der Waals surface area contributed by atoms with E-state index in [9.17, 15) is 0 Å². The lowest BCUT2D eigenvalue weighted by atomic mass is 10.1. The van der Waals surface area contributed by atoms with Crippen LogP contribution in [0.25, 0.3) is 0 Å². The molecule has 1 radical (unpaired) electrons. The van der Waals surface area contributed by atoms with Crippen LogP contribution in [0.1, 0.15) is 19.3 Å². The highest BCUT2D eigenvalue weighted by atomic mass is 16.5. The van der Waals surface area contributed by atoms with E-state index in [0.29, 0.717) is 6.61 Å². The average molecular weight is 191 g/mol. The lowest BCUT2D eigenvalue weighted by molar-refractivity contribution is -0.0111. The highest BCUT2D eigenvalue weighted by Crippen LogP contribution is 2.15. The van der Waals surface area contributed by atoms with E-state index in [2.05, 4.69) is 6.07 Å². The van der Waals surface area contributed by atoms with Crippen LogP contribution in [0.3, 0.4) is 0 Å². The van der Waals surface area contributed by atoms with Crippen LogP contribution in [0.2, 0.25) is 0 Å². The predicted octanol–water partition coefficient (Wildman–Crippen LogP) is 2.43. The van der Waals surface area contributed by atoms with E-state index < -0.39 is 0 Å². The van der Waals surface area contributed by atoms with Crippen molar-refractivity contribution in [1.29, 1.82) is 0 Å². The molecule has 0 amide bonds. The Morgan fingerprint density at radius 1 is 1.43 bits per heavy atom. The summed E-state index contributed by atoms with van der Waals surface area (Å²) in [4.78, 5) is 0. The number of benzene rings is 1. The molecule has 2 heteroatoms. The molecule has 0 aromatic heterocycles.